The topological polar surface area (TPSA) is 34.1 Å². The van der Waals surface area contributed by atoms with Crippen molar-refractivity contribution in [2.24, 2.45) is 0 Å². The number of rotatable bonds is 6. The van der Waals surface area contributed by atoms with Gasteiger partial charge >= 0.3 is 0 Å². The largest absolute Gasteiger partial charge is 0.219 e. The molecule has 34 heavy (non-hydrogen) atoms. The summed E-state index contributed by atoms with van der Waals surface area (Å²) in [6.07, 6.45) is 3.25. The molecule has 0 radical (unpaired) electrons. The minimum absolute atomic E-state index is 0.390. The standard InChI is InChI=1S/C30H26O2S2/c1-3-27-25(19-28(33-27)21-13-7-5-8-14-21)23-17-11-12-18-24(23)26-20-30(22-15-9-6-10-16-22)34(31,32)29(26)4-2/h5-20H,3-4H2,1-2H3. The summed E-state index contributed by atoms with van der Waals surface area (Å²) in [5, 5.41) is 0. The highest BCUT2D eigenvalue weighted by atomic mass is 32.2. The lowest BCUT2D eigenvalue weighted by Crippen LogP contribution is -2.02. The van der Waals surface area contributed by atoms with E-state index in [4.69, 9.17) is 0 Å². The Hall–Kier alpha value is -3.21. The van der Waals surface area contributed by atoms with Crippen molar-refractivity contribution in [3.8, 4) is 21.6 Å². The zero-order valence-corrected chi connectivity index (χ0v) is 20.9. The highest BCUT2D eigenvalue weighted by Crippen LogP contribution is 2.46. The van der Waals surface area contributed by atoms with Crippen LogP contribution in [0.1, 0.15) is 36.3 Å². The van der Waals surface area contributed by atoms with Crippen molar-refractivity contribution in [3.05, 3.63) is 118 Å². The lowest BCUT2D eigenvalue weighted by molar-refractivity contribution is 0.611. The Labute approximate surface area is 205 Å². The van der Waals surface area contributed by atoms with Crippen LogP contribution < -0.4 is 0 Å². The number of aryl methyl sites for hydroxylation is 1. The first-order chi connectivity index (χ1) is 16.5. The average Bonchev–Trinajstić information content (AvgIpc) is 3.43. The molecule has 0 bridgehead atoms. The fourth-order valence-corrected chi connectivity index (χ4v) is 7.58. The van der Waals surface area contributed by atoms with Crippen molar-refractivity contribution in [2.75, 3.05) is 0 Å². The van der Waals surface area contributed by atoms with Gasteiger partial charge in [0.25, 0.3) is 0 Å². The fourth-order valence-electron chi connectivity index (χ4n) is 4.63. The molecule has 0 aliphatic carbocycles. The molecule has 0 saturated heterocycles. The Morgan fingerprint density at radius 1 is 0.676 bits per heavy atom. The quantitative estimate of drug-likeness (QED) is 0.277. The fraction of sp³-hybridized carbons (Fsp3) is 0.133. The molecule has 0 fully saturated rings. The molecule has 0 saturated carbocycles. The minimum Gasteiger partial charge on any atom is -0.219 e. The second kappa shape index (κ2) is 9.21. The predicted molar refractivity (Wildman–Crippen MR) is 145 cm³/mol. The molecular formula is C30H26O2S2. The molecule has 0 atom stereocenters. The van der Waals surface area contributed by atoms with Crippen molar-refractivity contribution < 1.29 is 8.42 Å². The summed E-state index contributed by atoms with van der Waals surface area (Å²) >= 11 is 1.81. The Morgan fingerprint density at radius 3 is 1.88 bits per heavy atom. The van der Waals surface area contributed by atoms with E-state index in [-0.39, 0.29) is 0 Å². The number of sulfone groups is 1. The van der Waals surface area contributed by atoms with Crippen molar-refractivity contribution in [2.45, 2.75) is 26.7 Å². The van der Waals surface area contributed by atoms with Gasteiger partial charge in [0.2, 0.25) is 9.84 Å². The Bertz CT molecular complexity index is 1510. The van der Waals surface area contributed by atoms with Gasteiger partial charge in [-0.2, -0.15) is 0 Å². The Morgan fingerprint density at radius 2 is 1.26 bits per heavy atom. The lowest BCUT2D eigenvalue weighted by atomic mass is 9.92. The number of benzene rings is 3. The van der Waals surface area contributed by atoms with Gasteiger partial charge in [-0.15, -0.1) is 11.3 Å². The molecule has 4 aromatic rings. The van der Waals surface area contributed by atoms with Crippen LogP contribution in [-0.2, 0) is 16.3 Å². The Balaban J connectivity index is 1.70. The molecule has 170 valence electrons. The highest BCUT2D eigenvalue weighted by Gasteiger charge is 2.33. The highest BCUT2D eigenvalue weighted by molar-refractivity contribution is 8.04. The third kappa shape index (κ3) is 3.87. The van der Waals surface area contributed by atoms with Crippen molar-refractivity contribution >= 4 is 31.7 Å². The van der Waals surface area contributed by atoms with E-state index < -0.39 is 9.84 Å². The molecule has 0 spiro atoms. The van der Waals surface area contributed by atoms with Crippen LogP contribution >= 0.6 is 11.3 Å². The van der Waals surface area contributed by atoms with E-state index in [9.17, 15) is 8.42 Å². The summed E-state index contributed by atoms with van der Waals surface area (Å²) in [7, 11) is -3.54. The molecular weight excluding hydrogens is 456 g/mol. The maximum absolute atomic E-state index is 13.5. The van der Waals surface area contributed by atoms with Crippen LogP contribution in [0.2, 0.25) is 0 Å². The third-order valence-electron chi connectivity index (χ3n) is 6.26. The van der Waals surface area contributed by atoms with Gasteiger partial charge in [-0.3, -0.25) is 0 Å². The summed E-state index contributed by atoms with van der Waals surface area (Å²) in [6, 6.07) is 30.3. The Kier molecular flexibility index (Phi) is 6.11. The maximum atomic E-state index is 13.5. The van der Waals surface area contributed by atoms with Crippen LogP contribution in [-0.4, -0.2) is 8.42 Å². The van der Waals surface area contributed by atoms with Crippen LogP contribution in [0.4, 0.5) is 0 Å². The van der Waals surface area contributed by atoms with E-state index in [1.807, 2.05) is 72.9 Å². The second-order valence-electron chi connectivity index (χ2n) is 8.28. The van der Waals surface area contributed by atoms with E-state index >= 15 is 0 Å². The number of hydrogen-bond acceptors (Lipinski definition) is 3. The minimum atomic E-state index is -3.54. The molecule has 2 heterocycles. The summed E-state index contributed by atoms with van der Waals surface area (Å²) < 4.78 is 27.1. The summed E-state index contributed by atoms with van der Waals surface area (Å²) in [5.41, 5.74) is 5.99. The van der Waals surface area contributed by atoms with Crippen LogP contribution in [0.15, 0.2) is 102 Å². The van der Waals surface area contributed by atoms with Crippen molar-refractivity contribution in [1.82, 2.24) is 0 Å². The average molecular weight is 483 g/mol. The molecule has 4 heteroatoms. The zero-order chi connectivity index (χ0) is 23.7. The van der Waals surface area contributed by atoms with Gasteiger partial charge in [-0.25, -0.2) is 8.42 Å². The van der Waals surface area contributed by atoms with Gasteiger partial charge < -0.3 is 0 Å². The predicted octanol–water partition coefficient (Wildman–Crippen LogP) is 8.24. The van der Waals surface area contributed by atoms with Gasteiger partial charge in [0.1, 0.15) is 0 Å². The third-order valence-corrected chi connectivity index (χ3v) is 9.68. The normalized spacial score (nSPS) is 14.9. The molecule has 1 aromatic heterocycles. The van der Waals surface area contributed by atoms with E-state index in [2.05, 4.69) is 49.4 Å². The molecule has 0 N–H and O–H groups in total. The molecule has 1 aliphatic rings. The number of allylic oxidation sites excluding steroid dienone is 3. The van der Waals surface area contributed by atoms with E-state index in [1.165, 1.54) is 20.9 Å². The first-order valence-corrected chi connectivity index (χ1v) is 13.9. The van der Waals surface area contributed by atoms with E-state index in [1.54, 1.807) is 0 Å². The van der Waals surface area contributed by atoms with Crippen molar-refractivity contribution in [3.63, 3.8) is 0 Å². The van der Waals surface area contributed by atoms with Gasteiger partial charge in [-0.05, 0) is 58.4 Å². The van der Waals surface area contributed by atoms with Gasteiger partial charge in [0, 0.05) is 9.75 Å². The summed E-state index contributed by atoms with van der Waals surface area (Å²) in [5.74, 6) is 0. The maximum Gasteiger partial charge on any atom is 0.203 e. The van der Waals surface area contributed by atoms with Crippen LogP contribution in [0.3, 0.4) is 0 Å². The van der Waals surface area contributed by atoms with E-state index in [0.29, 0.717) is 16.2 Å². The molecule has 0 unspecified atom stereocenters. The van der Waals surface area contributed by atoms with E-state index in [0.717, 1.165) is 28.7 Å². The molecule has 5 rings (SSSR count). The molecule has 3 aromatic carbocycles. The van der Waals surface area contributed by atoms with Crippen LogP contribution in [0, 0.1) is 0 Å². The smallest absolute Gasteiger partial charge is 0.203 e. The van der Waals surface area contributed by atoms with Gasteiger partial charge in [0.05, 0.1) is 9.81 Å². The van der Waals surface area contributed by atoms with Crippen LogP contribution in [0.5, 0.6) is 0 Å². The van der Waals surface area contributed by atoms with Gasteiger partial charge in [0.15, 0.2) is 0 Å². The monoisotopic (exact) mass is 482 g/mol. The second-order valence-corrected chi connectivity index (χ2v) is 11.4. The molecule has 1 aliphatic heterocycles. The lowest BCUT2D eigenvalue weighted by Gasteiger charge is -2.12. The summed E-state index contributed by atoms with van der Waals surface area (Å²) in [6.45, 7) is 4.10. The molecule has 2 nitrogen and oxygen atoms in total. The van der Waals surface area contributed by atoms with Crippen molar-refractivity contribution in [1.29, 1.82) is 0 Å². The first kappa shape index (κ1) is 22.6. The SMILES string of the molecule is CCC1=C(c2ccccc2-c2cc(-c3ccccc3)sc2CC)C=C(c2ccccc2)S1(=O)=O. The first-order valence-electron chi connectivity index (χ1n) is 11.6. The van der Waals surface area contributed by atoms with Crippen LogP contribution in [0.25, 0.3) is 32.0 Å². The molecule has 0 amide bonds. The van der Waals surface area contributed by atoms with Gasteiger partial charge in [-0.1, -0.05) is 98.8 Å². The number of thiophene rings is 1. The number of hydrogen-bond donors (Lipinski definition) is 0. The zero-order valence-electron chi connectivity index (χ0n) is 19.3. The summed E-state index contributed by atoms with van der Waals surface area (Å²) in [4.78, 5) is 3.42.